The van der Waals surface area contributed by atoms with E-state index in [1.165, 1.54) is 59.4 Å². The van der Waals surface area contributed by atoms with Crippen LogP contribution >= 0.6 is 11.8 Å². The summed E-state index contributed by atoms with van der Waals surface area (Å²) in [6, 6.07) is 18.0. The van der Waals surface area contributed by atoms with Crippen molar-refractivity contribution in [2.24, 2.45) is 5.92 Å². The van der Waals surface area contributed by atoms with E-state index in [4.69, 9.17) is 0 Å². The van der Waals surface area contributed by atoms with Crippen molar-refractivity contribution in [3.05, 3.63) is 70.8 Å². The van der Waals surface area contributed by atoms with E-state index in [1.807, 2.05) is 11.8 Å². The van der Waals surface area contributed by atoms with Gasteiger partial charge in [-0.15, -0.1) is 11.8 Å². The average molecular weight is 461 g/mol. The van der Waals surface area contributed by atoms with Crippen molar-refractivity contribution in [3.63, 3.8) is 0 Å². The Morgan fingerprint density at radius 3 is 2.48 bits per heavy atom. The number of hydrogen-bond donors (Lipinski definition) is 0. The molecule has 4 heteroatoms. The van der Waals surface area contributed by atoms with E-state index in [0.29, 0.717) is 5.78 Å². The lowest BCUT2D eigenvalue weighted by atomic mass is 9.86. The normalized spacial score (nSPS) is 21.9. The lowest BCUT2D eigenvalue weighted by Crippen LogP contribution is -2.40. The third-order valence-corrected chi connectivity index (χ3v) is 8.79. The van der Waals surface area contributed by atoms with Crippen molar-refractivity contribution in [1.82, 2.24) is 9.80 Å². The Kier molecular flexibility index (Phi) is 7.34. The van der Waals surface area contributed by atoms with Crippen LogP contribution in [0.2, 0.25) is 0 Å². The summed E-state index contributed by atoms with van der Waals surface area (Å²) < 4.78 is 0. The summed E-state index contributed by atoms with van der Waals surface area (Å²) in [5, 5.41) is 0. The molecule has 2 fully saturated rings. The van der Waals surface area contributed by atoms with Gasteiger partial charge >= 0.3 is 0 Å². The van der Waals surface area contributed by atoms with Crippen molar-refractivity contribution in [3.8, 4) is 0 Å². The van der Waals surface area contributed by atoms with Crippen LogP contribution in [0.1, 0.15) is 55.7 Å². The van der Waals surface area contributed by atoms with Crippen LogP contribution in [0.15, 0.2) is 59.0 Å². The van der Waals surface area contributed by atoms with Gasteiger partial charge in [0.2, 0.25) is 0 Å². The van der Waals surface area contributed by atoms with Gasteiger partial charge in [0.05, 0.1) is 0 Å². The van der Waals surface area contributed by atoms with E-state index in [1.54, 1.807) is 12.5 Å². The summed E-state index contributed by atoms with van der Waals surface area (Å²) in [5.41, 5.74) is 7.49. The highest BCUT2D eigenvalue weighted by Crippen LogP contribution is 2.43. The molecular weight excluding hydrogens is 424 g/mol. The minimum absolute atomic E-state index is 0.270. The molecule has 0 amide bonds. The van der Waals surface area contributed by atoms with Crippen molar-refractivity contribution in [1.29, 1.82) is 0 Å². The molecule has 0 radical (unpaired) electrons. The SMILES string of the molecule is CC(=O)C1CCCN(CCCN2CCC(=C3c4ccccc4CSc4ccccc43)CC2)C1. The quantitative estimate of drug-likeness (QED) is 0.556. The highest BCUT2D eigenvalue weighted by Gasteiger charge is 2.25. The van der Waals surface area contributed by atoms with Gasteiger partial charge in [0.15, 0.2) is 0 Å². The highest BCUT2D eigenvalue weighted by molar-refractivity contribution is 7.98. The summed E-state index contributed by atoms with van der Waals surface area (Å²) in [6.07, 6.45) is 5.79. The molecule has 174 valence electrons. The van der Waals surface area contributed by atoms with Gasteiger partial charge in [0.1, 0.15) is 5.78 Å². The van der Waals surface area contributed by atoms with Crippen LogP contribution in [0.3, 0.4) is 0 Å². The first-order valence-electron chi connectivity index (χ1n) is 12.7. The Bertz CT molecular complexity index is 970. The summed E-state index contributed by atoms with van der Waals surface area (Å²) in [5.74, 6) is 1.69. The zero-order valence-corrected chi connectivity index (χ0v) is 20.7. The Hall–Kier alpha value is -1.88. The van der Waals surface area contributed by atoms with Gasteiger partial charge in [0.25, 0.3) is 0 Å². The Balaban J connectivity index is 1.24. The molecule has 0 aliphatic carbocycles. The fraction of sp³-hybridized carbons (Fsp3) is 0.483. The van der Waals surface area contributed by atoms with Gasteiger partial charge in [-0.1, -0.05) is 48.0 Å². The van der Waals surface area contributed by atoms with Gasteiger partial charge in [-0.3, -0.25) is 4.79 Å². The van der Waals surface area contributed by atoms with Crippen molar-refractivity contribution in [2.75, 3.05) is 39.3 Å². The Labute approximate surface area is 203 Å². The topological polar surface area (TPSA) is 23.6 Å². The third-order valence-electron chi connectivity index (χ3n) is 7.67. The number of Topliss-reactive ketones (excluding diaryl/α,β-unsaturated/α-hetero) is 1. The van der Waals surface area contributed by atoms with E-state index < -0.39 is 0 Å². The zero-order valence-electron chi connectivity index (χ0n) is 19.9. The number of thioether (sulfide) groups is 1. The monoisotopic (exact) mass is 460 g/mol. The summed E-state index contributed by atoms with van der Waals surface area (Å²) >= 11 is 1.98. The van der Waals surface area contributed by atoms with Gasteiger partial charge in [0, 0.05) is 36.2 Å². The number of carbonyl (C=O) groups excluding carboxylic acids is 1. The molecule has 33 heavy (non-hydrogen) atoms. The van der Waals surface area contributed by atoms with E-state index in [9.17, 15) is 4.79 Å². The predicted octanol–water partition coefficient (Wildman–Crippen LogP) is 5.88. The number of benzene rings is 2. The standard InChI is InChI=1S/C29H36N2OS/c1-22(32)24-9-6-15-31(20-24)17-7-16-30-18-13-23(14-19-30)29-26-10-3-2-8-25(26)21-33-28-12-5-4-11-27(28)29/h2-5,8,10-12,24H,6-7,9,13-21H2,1H3. The minimum Gasteiger partial charge on any atom is -0.303 e. The number of hydrogen-bond acceptors (Lipinski definition) is 4. The lowest BCUT2D eigenvalue weighted by Gasteiger charge is -2.33. The second-order valence-electron chi connectivity index (χ2n) is 9.87. The number of ketones is 1. The molecule has 3 aliphatic heterocycles. The van der Waals surface area contributed by atoms with Crippen LogP contribution in [0.25, 0.3) is 5.57 Å². The molecule has 2 aromatic rings. The van der Waals surface area contributed by atoms with Crippen LogP contribution in [0, 0.1) is 5.92 Å². The smallest absolute Gasteiger partial charge is 0.134 e. The molecule has 0 bridgehead atoms. The van der Waals surface area contributed by atoms with Gasteiger partial charge in [-0.05, 0) is 87.0 Å². The largest absolute Gasteiger partial charge is 0.303 e. The lowest BCUT2D eigenvalue weighted by molar-refractivity contribution is -0.122. The maximum absolute atomic E-state index is 11.8. The maximum Gasteiger partial charge on any atom is 0.134 e. The summed E-state index contributed by atoms with van der Waals surface area (Å²) in [4.78, 5) is 18.4. The fourth-order valence-corrected chi connectivity index (χ4v) is 6.84. The second kappa shape index (κ2) is 10.6. The molecule has 1 atom stereocenters. The summed E-state index contributed by atoms with van der Waals surface area (Å²) in [7, 11) is 0. The number of rotatable bonds is 5. The first-order valence-corrected chi connectivity index (χ1v) is 13.7. The fourth-order valence-electron chi connectivity index (χ4n) is 5.78. The molecule has 0 saturated carbocycles. The van der Waals surface area contributed by atoms with Crippen molar-refractivity contribution >= 4 is 23.1 Å². The first kappa shape index (κ1) is 22.9. The number of nitrogens with zero attached hydrogens (tertiary/aromatic N) is 2. The van der Waals surface area contributed by atoms with Crippen molar-refractivity contribution in [2.45, 2.75) is 49.7 Å². The molecule has 3 heterocycles. The second-order valence-corrected chi connectivity index (χ2v) is 10.9. The molecule has 0 N–H and O–H groups in total. The Morgan fingerprint density at radius 2 is 1.67 bits per heavy atom. The zero-order chi connectivity index (χ0) is 22.6. The number of carbonyl (C=O) groups is 1. The van der Waals surface area contributed by atoms with Crippen LogP contribution in [0.5, 0.6) is 0 Å². The van der Waals surface area contributed by atoms with E-state index in [0.717, 1.165) is 44.9 Å². The molecule has 0 spiro atoms. The molecule has 3 aliphatic rings. The number of likely N-dealkylation sites (tertiary alicyclic amines) is 2. The van der Waals surface area contributed by atoms with Gasteiger partial charge in [-0.25, -0.2) is 0 Å². The van der Waals surface area contributed by atoms with E-state index in [2.05, 4.69) is 58.3 Å². The van der Waals surface area contributed by atoms with Crippen LogP contribution in [0.4, 0.5) is 0 Å². The molecule has 5 rings (SSSR count). The molecule has 2 aromatic carbocycles. The Morgan fingerprint density at radius 1 is 0.939 bits per heavy atom. The minimum atomic E-state index is 0.270. The van der Waals surface area contributed by atoms with Crippen LogP contribution < -0.4 is 0 Å². The number of piperidine rings is 2. The molecule has 3 nitrogen and oxygen atoms in total. The molecule has 0 aromatic heterocycles. The highest BCUT2D eigenvalue weighted by atomic mass is 32.2. The third kappa shape index (κ3) is 5.29. The maximum atomic E-state index is 11.8. The predicted molar refractivity (Wildman–Crippen MR) is 139 cm³/mol. The van der Waals surface area contributed by atoms with Crippen LogP contribution in [-0.2, 0) is 10.5 Å². The van der Waals surface area contributed by atoms with E-state index >= 15 is 0 Å². The molecule has 2 saturated heterocycles. The molecular formula is C29H36N2OS. The van der Waals surface area contributed by atoms with Crippen LogP contribution in [-0.4, -0.2) is 54.9 Å². The van der Waals surface area contributed by atoms with E-state index in [-0.39, 0.29) is 5.92 Å². The van der Waals surface area contributed by atoms with Gasteiger partial charge in [-0.2, -0.15) is 0 Å². The first-order chi connectivity index (χ1) is 16.2. The van der Waals surface area contributed by atoms with Gasteiger partial charge < -0.3 is 9.80 Å². The van der Waals surface area contributed by atoms with Crippen molar-refractivity contribution < 1.29 is 4.79 Å². The number of fused-ring (bicyclic) bond motifs is 2. The molecule has 1 unspecified atom stereocenters. The summed E-state index contributed by atoms with van der Waals surface area (Å²) in [6.45, 7) is 8.52. The average Bonchev–Trinajstić information content (AvgIpc) is 3.02.